The zero-order valence-corrected chi connectivity index (χ0v) is 7.83. The minimum Gasteiger partial charge on any atom is -0.433 e. The molecule has 1 aromatic rings. The highest BCUT2D eigenvalue weighted by Crippen LogP contribution is 2.25. The van der Waals surface area contributed by atoms with E-state index in [-0.39, 0.29) is 16.9 Å². The van der Waals surface area contributed by atoms with Gasteiger partial charge in [-0.1, -0.05) is 0 Å². The zero-order chi connectivity index (χ0) is 11.4. The molecule has 78 valence electrons. The maximum Gasteiger partial charge on any atom is 0.387 e. The second-order valence-electron chi connectivity index (χ2n) is 2.82. The summed E-state index contributed by atoms with van der Waals surface area (Å²) in [6.45, 7) is -1.50. The van der Waals surface area contributed by atoms with Crippen LogP contribution in [0.25, 0.3) is 0 Å². The third-order valence-electron chi connectivity index (χ3n) is 1.76. The number of halogens is 2. The highest BCUT2D eigenvalue weighted by Gasteiger charge is 2.13. The second-order valence-corrected chi connectivity index (χ2v) is 2.82. The molecule has 0 atom stereocenters. The van der Waals surface area contributed by atoms with Crippen molar-refractivity contribution in [2.24, 2.45) is 0 Å². The molecule has 3 nitrogen and oxygen atoms in total. The average molecular weight is 211 g/mol. The average Bonchev–Trinajstić information content (AvgIpc) is 2.20. The summed E-state index contributed by atoms with van der Waals surface area (Å²) < 4.78 is 28.2. The van der Waals surface area contributed by atoms with Gasteiger partial charge in [-0.25, -0.2) is 0 Å². The van der Waals surface area contributed by atoms with E-state index in [1.165, 1.54) is 19.1 Å². The molecule has 15 heavy (non-hydrogen) atoms. The Morgan fingerprint density at radius 3 is 2.67 bits per heavy atom. The molecule has 0 aromatic heterocycles. The van der Waals surface area contributed by atoms with E-state index < -0.39 is 6.61 Å². The molecule has 0 fully saturated rings. The smallest absolute Gasteiger partial charge is 0.387 e. The summed E-state index contributed by atoms with van der Waals surface area (Å²) in [6, 6.07) is 4.29. The normalized spacial score (nSPS) is 9.80. The number of benzene rings is 1. The molecule has 0 unspecified atom stereocenters. The Morgan fingerprint density at radius 1 is 1.53 bits per heavy atom. The van der Waals surface area contributed by atoms with Gasteiger partial charge in [0.15, 0.2) is 0 Å². The Bertz CT molecular complexity index is 424. The zero-order valence-electron chi connectivity index (χ0n) is 7.83. The molecule has 0 bridgehead atoms. The quantitative estimate of drug-likeness (QED) is 0.720. The second kappa shape index (κ2) is 4.51. The lowest BCUT2D eigenvalue weighted by Crippen LogP contribution is -2.05. The predicted octanol–water partition coefficient (Wildman–Crippen LogP) is 2.28. The van der Waals surface area contributed by atoms with Crippen LogP contribution in [0.2, 0.25) is 0 Å². The Kier molecular flexibility index (Phi) is 3.34. The first-order valence-electron chi connectivity index (χ1n) is 4.03. The number of ether oxygens (including phenoxy) is 1. The maximum absolute atomic E-state index is 12.0. The van der Waals surface area contributed by atoms with Gasteiger partial charge >= 0.3 is 6.61 Å². The van der Waals surface area contributed by atoms with Gasteiger partial charge in [0, 0.05) is 5.56 Å². The Labute approximate surface area is 84.9 Å². The highest BCUT2D eigenvalue weighted by molar-refractivity contribution is 5.77. The predicted molar refractivity (Wildman–Crippen MR) is 47.9 cm³/mol. The molecule has 0 saturated heterocycles. The fourth-order valence-corrected chi connectivity index (χ4v) is 1.20. The standard InChI is InChI=1S/C10H7F2NO2/c1-6-2-7(5-14)3-8(4-13)9(6)15-10(11)12/h2-3,5,10H,1H3. The summed E-state index contributed by atoms with van der Waals surface area (Å²) in [7, 11) is 0. The van der Waals surface area contributed by atoms with E-state index in [0.29, 0.717) is 11.8 Å². The van der Waals surface area contributed by atoms with Crippen molar-refractivity contribution in [1.82, 2.24) is 0 Å². The fraction of sp³-hybridized carbons (Fsp3) is 0.200. The van der Waals surface area contributed by atoms with Gasteiger partial charge in [-0.05, 0) is 24.6 Å². The van der Waals surface area contributed by atoms with Crippen LogP contribution in [0.3, 0.4) is 0 Å². The summed E-state index contributed by atoms with van der Waals surface area (Å²) >= 11 is 0. The number of alkyl halides is 2. The topological polar surface area (TPSA) is 50.1 Å². The number of carbonyl (C=O) groups excluding carboxylic acids is 1. The molecular weight excluding hydrogens is 204 g/mol. The maximum atomic E-state index is 12.0. The van der Waals surface area contributed by atoms with E-state index in [2.05, 4.69) is 4.74 Å². The highest BCUT2D eigenvalue weighted by atomic mass is 19.3. The number of nitriles is 1. The third-order valence-corrected chi connectivity index (χ3v) is 1.76. The van der Waals surface area contributed by atoms with Crippen molar-refractivity contribution in [2.45, 2.75) is 13.5 Å². The summed E-state index contributed by atoms with van der Waals surface area (Å²) in [5.74, 6) is -0.182. The van der Waals surface area contributed by atoms with Crippen molar-refractivity contribution in [1.29, 1.82) is 5.26 Å². The molecule has 0 amide bonds. The first kappa shape index (κ1) is 11.1. The van der Waals surface area contributed by atoms with Crippen LogP contribution in [0.15, 0.2) is 12.1 Å². The summed E-state index contributed by atoms with van der Waals surface area (Å²) in [5.41, 5.74) is 0.513. The number of aryl methyl sites for hydroxylation is 1. The van der Waals surface area contributed by atoms with Crippen LogP contribution in [0.4, 0.5) is 8.78 Å². The van der Waals surface area contributed by atoms with Crippen molar-refractivity contribution in [3.05, 3.63) is 28.8 Å². The van der Waals surface area contributed by atoms with Gasteiger partial charge in [0.1, 0.15) is 18.1 Å². The summed E-state index contributed by atoms with van der Waals surface area (Å²) in [4.78, 5) is 10.5. The van der Waals surface area contributed by atoms with E-state index in [0.717, 1.165) is 0 Å². The van der Waals surface area contributed by atoms with E-state index in [4.69, 9.17) is 5.26 Å². The molecule has 1 aromatic carbocycles. The molecule has 0 saturated carbocycles. The lowest BCUT2D eigenvalue weighted by molar-refractivity contribution is -0.0504. The monoisotopic (exact) mass is 211 g/mol. The molecule has 0 aliphatic heterocycles. The summed E-state index contributed by atoms with van der Waals surface area (Å²) in [6.07, 6.45) is 0.542. The molecule has 0 heterocycles. The SMILES string of the molecule is Cc1cc(C=O)cc(C#N)c1OC(F)F. The van der Waals surface area contributed by atoms with Gasteiger partial charge in [0.25, 0.3) is 0 Å². The minimum absolute atomic E-state index is 0.0719. The van der Waals surface area contributed by atoms with E-state index in [9.17, 15) is 13.6 Å². The Hall–Kier alpha value is -1.96. The Morgan fingerprint density at radius 2 is 2.20 bits per heavy atom. The van der Waals surface area contributed by atoms with Crippen LogP contribution >= 0.6 is 0 Å². The van der Waals surface area contributed by atoms with Crippen molar-refractivity contribution in [3.63, 3.8) is 0 Å². The number of aldehydes is 1. The van der Waals surface area contributed by atoms with Crippen LogP contribution in [-0.2, 0) is 0 Å². The molecular formula is C10H7F2NO2. The van der Waals surface area contributed by atoms with Gasteiger partial charge in [-0.2, -0.15) is 14.0 Å². The van der Waals surface area contributed by atoms with Gasteiger partial charge in [-0.3, -0.25) is 4.79 Å². The van der Waals surface area contributed by atoms with Crippen molar-refractivity contribution in [3.8, 4) is 11.8 Å². The van der Waals surface area contributed by atoms with Gasteiger partial charge < -0.3 is 4.74 Å². The fourth-order valence-electron chi connectivity index (χ4n) is 1.20. The van der Waals surface area contributed by atoms with Gasteiger partial charge in [-0.15, -0.1) is 0 Å². The minimum atomic E-state index is -2.99. The number of carbonyl (C=O) groups is 1. The lowest BCUT2D eigenvalue weighted by atomic mass is 10.1. The molecule has 5 heteroatoms. The van der Waals surface area contributed by atoms with Crippen molar-refractivity contribution in [2.75, 3.05) is 0 Å². The molecule has 0 aliphatic rings. The largest absolute Gasteiger partial charge is 0.433 e. The first-order chi connectivity index (χ1) is 7.08. The van der Waals surface area contributed by atoms with Crippen molar-refractivity contribution < 1.29 is 18.3 Å². The number of hydrogen-bond donors (Lipinski definition) is 0. The van der Waals surface area contributed by atoms with Gasteiger partial charge in [0.2, 0.25) is 0 Å². The molecule has 0 aliphatic carbocycles. The third kappa shape index (κ3) is 2.50. The summed E-state index contributed by atoms with van der Waals surface area (Å²) in [5, 5.41) is 8.68. The number of rotatable bonds is 3. The van der Waals surface area contributed by atoms with Crippen LogP contribution in [0.1, 0.15) is 21.5 Å². The molecule has 0 radical (unpaired) electrons. The van der Waals surface area contributed by atoms with Gasteiger partial charge in [0.05, 0.1) is 5.56 Å². The number of hydrogen-bond acceptors (Lipinski definition) is 3. The number of nitrogens with zero attached hydrogens (tertiary/aromatic N) is 1. The first-order valence-corrected chi connectivity index (χ1v) is 4.03. The van der Waals surface area contributed by atoms with E-state index in [1.54, 1.807) is 6.07 Å². The van der Waals surface area contributed by atoms with Crippen LogP contribution in [0.5, 0.6) is 5.75 Å². The van der Waals surface area contributed by atoms with Crippen molar-refractivity contribution >= 4 is 6.29 Å². The van der Waals surface area contributed by atoms with E-state index >= 15 is 0 Å². The molecule has 1 rings (SSSR count). The lowest BCUT2D eigenvalue weighted by Gasteiger charge is -2.09. The van der Waals surface area contributed by atoms with Crippen LogP contribution in [-0.4, -0.2) is 12.9 Å². The Balaban J connectivity index is 3.26. The molecule has 0 N–H and O–H groups in total. The van der Waals surface area contributed by atoms with E-state index in [1.807, 2.05) is 0 Å². The van der Waals surface area contributed by atoms with Crippen LogP contribution in [0, 0.1) is 18.3 Å². The molecule has 0 spiro atoms. The van der Waals surface area contributed by atoms with Crippen LogP contribution < -0.4 is 4.74 Å².